The van der Waals surface area contributed by atoms with Crippen LogP contribution in [0.1, 0.15) is 5.56 Å². The lowest BCUT2D eigenvalue weighted by atomic mass is 10.1. The molecular formula is C22H21N3O2. The number of nitrogens with two attached hydrogens (primary N) is 1. The molecule has 5 nitrogen and oxygen atoms in total. The second kappa shape index (κ2) is 7.41. The van der Waals surface area contributed by atoms with Crippen LogP contribution in [0.3, 0.4) is 0 Å². The number of benzene rings is 2. The van der Waals surface area contributed by atoms with Crippen LogP contribution in [0.4, 0.5) is 5.69 Å². The van der Waals surface area contributed by atoms with Crippen LogP contribution in [0.2, 0.25) is 0 Å². The predicted molar refractivity (Wildman–Crippen MR) is 107 cm³/mol. The van der Waals surface area contributed by atoms with Gasteiger partial charge < -0.3 is 19.6 Å². The van der Waals surface area contributed by atoms with Gasteiger partial charge in [0.05, 0.1) is 25.1 Å². The van der Waals surface area contributed by atoms with Gasteiger partial charge in [0.15, 0.2) is 11.4 Å². The molecule has 0 fully saturated rings. The summed E-state index contributed by atoms with van der Waals surface area (Å²) in [6.45, 7) is 0.599. The largest absolute Gasteiger partial charge is 0.495 e. The van der Waals surface area contributed by atoms with Gasteiger partial charge in [-0.05, 0) is 35.9 Å². The van der Waals surface area contributed by atoms with Crippen LogP contribution in [0, 0.1) is 0 Å². The van der Waals surface area contributed by atoms with Gasteiger partial charge in [-0.1, -0.05) is 30.3 Å². The maximum absolute atomic E-state index is 6.03. The highest BCUT2D eigenvalue weighted by molar-refractivity contribution is 5.71. The van der Waals surface area contributed by atoms with Crippen LogP contribution < -0.4 is 15.2 Å². The minimum Gasteiger partial charge on any atom is -0.495 e. The van der Waals surface area contributed by atoms with Crippen molar-refractivity contribution in [3.8, 4) is 22.8 Å². The lowest BCUT2D eigenvalue weighted by Gasteiger charge is -2.07. The molecule has 136 valence electrons. The molecule has 0 aliphatic carbocycles. The number of nitrogen functional groups attached to an aromatic ring is 1. The van der Waals surface area contributed by atoms with Gasteiger partial charge in [0.1, 0.15) is 5.75 Å². The SMILES string of the molecule is COc1ccc(-c2cn3cccc(OCCc4ccccc4)c3n2)cc1N. The normalized spacial score (nSPS) is 10.9. The van der Waals surface area contributed by atoms with Crippen molar-refractivity contribution in [3.63, 3.8) is 0 Å². The number of pyridine rings is 1. The van der Waals surface area contributed by atoms with Crippen molar-refractivity contribution in [2.75, 3.05) is 19.5 Å². The Balaban J connectivity index is 1.57. The summed E-state index contributed by atoms with van der Waals surface area (Å²) < 4.78 is 13.2. The number of anilines is 1. The molecule has 0 saturated heterocycles. The zero-order chi connectivity index (χ0) is 18.6. The minimum absolute atomic E-state index is 0.589. The number of fused-ring (bicyclic) bond motifs is 1. The Labute approximate surface area is 158 Å². The second-order valence-corrected chi connectivity index (χ2v) is 6.27. The molecule has 4 aromatic rings. The van der Waals surface area contributed by atoms with Crippen molar-refractivity contribution in [2.24, 2.45) is 0 Å². The first kappa shape index (κ1) is 17.0. The van der Waals surface area contributed by atoms with E-state index in [2.05, 4.69) is 12.1 Å². The fraction of sp³-hybridized carbons (Fsp3) is 0.136. The highest BCUT2D eigenvalue weighted by Crippen LogP contribution is 2.29. The van der Waals surface area contributed by atoms with Gasteiger partial charge in [-0.3, -0.25) is 0 Å². The second-order valence-electron chi connectivity index (χ2n) is 6.27. The standard InChI is InChI=1S/C22H21N3O2/c1-26-20-10-9-17(14-18(20)23)19-15-25-12-5-8-21(22(25)24-19)27-13-11-16-6-3-2-4-7-16/h2-10,12,14-15H,11,13,23H2,1H3. The van der Waals surface area contributed by atoms with Gasteiger partial charge in [0.2, 0.25) is 0 Å². The number of hydrogen-bond donors (Lipinski definition) is 1. The maximum Gasteiger partial charge on any atom is 0.180 e. The van der Waals surface area contributed by atoms with E-state index in [0.717, 1.165) is 29.1 Å². The first-order valence-electron chi connectivity index (χ1n) is 8.83. The molecule has 0 saturated carbocycles. The topological polar surface area (TPSA) is 61.8 Å². The number of rotatable bonds is 6. The van der Waals surface area contributed by atoms with E-state index in [9.17, 15) is 0 Å². The van der Waals surface area contributed by atoms with Gasteiger partial charge in [-0.25, -0.2) is 4.98 Å². The van der Waals surface area contributed by atoms with Crippen LogP contribution in [0.5, 0.6) is 11.5 Å². The zero-order valence-electron chi connectivity index (χ0n) is 15.1. The molecule has 4 rings (SSSR count). The average Bonchev–Trinajstić information content (AvgIpc) is 3.14. The van der Waals surface area contributed by atoms with E-state index in [1.807, 2.05) is 65.3 Å². The minimum atomic E-state index is 0.589. The summed E-state index contributed by atoms with van der Waals surface area (Å²) >= 11 is 0. The highest BCUT2D eigenvalue weighted by Gasteiger charge is 2.10. The summed E-state index contributed by atoms with van der Waals surface area (Å²) in [5.74, 6) is 1.42. The summed E-state index contributed by atoms with van der Waals surface area (Å²) in [4.78, 5) is 4.75. The van der Waals surface area contributed by atoms with E-state index in [1.165, 1.54) is 5.56 Å². The Morgan fingerprint density at radius 1 is 1.00 bits per heavy atom. The highest BCUT2D eigenvalue weighted by atomic mass is 16.5. The molecule has 2 heterocycles. The Kier molecular flexibility index (Phi) is 4.66. The summed E-state index contributed by atoms with van der Waals surface area (Å²) in [7, 11) is 1.61. The molecule has 0 atom stereocenters. The number of hydrogen-bond acceptors (Lipinski definition) is 4. The molecule has 5 heteroatoms. The number of aromatic nitrogens is 2. The lowest BCUT2D eigenvalue weighted by Crippen LogP contribution is -2.02. The van der Waals surface area contributed by atoms with Crippen molar-refractivity contribution in [3.05, 3.63) is 78.6 Å². The number of nitrogens with zero attached hydrogens (tertiary/aromatic N) is 2. The fourth-order valence-electron chi connectivity index (χ4n) is 3.06. The van der Waals surface area contributed by atoms with Crippen LogP contribution in [-0.2, 0) is 6.42 Å². The summed E-state index contributed by atoms with van der Waals surface area (Å²) in [5.41, 5.74) is 10.4. The first-order chi connectivity index (χ1) is 13.2. The Bertz CT molecular complexity index is 1060. The quantitative estimate of drug-likeness (QED) is 0.524. The molecule has 27 heavy (non-hydrogen) atoms. The fourth-order valence-corrected chi connectivity index (χ4v) is 3.06. The zero-order valence-corrected chi connectivity index (χ0v) is 15.1. The van der Waals surface area contributed by atoms with Crippen molar-refractivity contribution in [1.29, 1.82) is 0 Å². The van der Waals surface area contributed by atoms with Gasteiger partial charge in [-0.2, -0.15) is 0 Å². The lowest BCUT2D eigenvalue weighted by molar-refractivity contribution is 0.324. The number of imidazole rings is 1. The molecule has 0 bridgehead atoms. The van der Waals surface area contributed by atoms with E-state index >= 15 is 0 Å². The molecule has 2 aromatic heterocycles. The molecule has 0 aliphatic heterocycles. The maximum atomic E-state index is 6.03. The molecule has 0 amide bonds. The smallest absolute Gasteiger partial charge is 0.180 e. The van der Waals surface area contributed by atoms with Crippen molar-refractivity contribution < 1.29 is 9.47 Å². The van der Waals surface area contributed by atoms with Crippen LogP contribution in [-0.4, -0.2) is 23.1 Å². The Hall–Kier alpha value is -3.47. The van der Waals surface area contributed by atoms with E-state index < -0.39 is 0 Å². The van der Waals surface area contributed by atoms with Gasteiger partial charge in [-0.15, -0.1) is 0 Å². The molecule has 0 unspecified atom stereocenters. The van der Waals surface area contributed by atoms with Crippen molar-refractivity contribution >= 4 is 11.3 Å². The average molecular weight is 359 g/mol. The van der Waals surface area contributed by atoms with Crippen LogP contribution >= 0.6 is 0 Å². The van der Waals surface area contributed by atoms with Crippen LogP contribution in [0.15, 0.2) is 73.1 Å². The van der Waals surface area contributed by atoms with E-state index in [-0.39, 0.29) is 0 Å². The third-order valence-corrected chi connectivity index (χ3v) is 4.46. The monoisotopic (exact) mass is 359 g/mol. The molecular weight excluding hydrogens is 338 g/mol. The van der Waals surface area contributed by atoms with Crippen LogP contribution in [0.25, 0.3) is 16.9 Å². The van der Waals surface area contributed by atoms with Crippen molar-refractivity contribution in [1.82, 2.24) is 9.38 Å². The van der Waals surface area contributed by atoms with Gasteiger partial charge in [0.25, 0.3) is 0 Å². The van der Waals surface area contributed by atoms with Gasteiger partial charge >= 0.3 is 0 Å². The Morgan fingerprint density at radius 2 is 1.85 bits per heavy atom. The number of ether oxygens (including phenoxy) is 2. The number of methoxy groups -OCH3 is 1. The summed E-state index contributed by atoms with van der Waals surface area (Å²) in [5, 5.41) is 0. The van der Waals surface area contributed by atoms with Gasteiger partial charge in [0, 0.05) is 24.4 Å². The Morgan fingerprint density at radius 3 is 2.63 bits per heavy atom. The molecule has 0 aliphatic rings. The molecule has 2 N–H and O–H groups in total. The van der Waals surface area contributed by atoms with E-state index in [4.69, 9.17) is 20.2 Å². The van der Waals surface area contributed by atoms with E-state index in [1.54, 1.807) is 7.11 Å². The third kappa shape index (κ3) is 3.58. The predicted octanol–water partition coefficient (Wildman–Crippen LogP) is 4.21. The molecule has 2 aromatic carbocycles. The first-order valence-corrected chi connectivity index (χ1v) is 8.83. The van der Waals surface area contributed by atoms with E-state index in [0.29, 0.717) is 18.0 Å². The molecule has 0 radical (unpaired) electrons. The van der Waals surface area contributed by atoms with Crippen molar-refractivity contribution in [2.45, 2.75) is 6.42 Å². The third-order valence-electron chi connectivity index (χ3n) is 4.46. The summed E-state index contributed by atoms with van der Waals surface area (Å²) in [6, 6.07) is 19.9. The molecule has 0 spiro atoms. The summed E-state index contributed by atoms with van der Waals surface area (Å²) in [6.07, 6.45) is 4.79.